The highest BCUT2D eigenvalue weighted by atomic mass is 79.9. The summed E-state index contributed by atoms with van der Waals surface area (Å²) in [6.45, 7) is 3.93. The molecule has 0 radical (unpaired) electrons. The molecule has 3 aliphatic rings. The summed E-state index contributed by atoms with van der Waals surface area (Å²) >= 11 is 4.50. The predicted octanol–water partition coefficient (Wildman–Crippen LogP) is 0.135. The van der Waals surface area contributed by atoms with E-state index >= 15 is 0 Å². The van der Waals surface area contributed by atoms with Gasteiger partial charge in [0.05, 0.1) is 0 Å². The second kappa shape index (κ2) is 10.3. The third-order valence-electron chi connectivity index (χ3n) is 6.96. The van der Waals surface area contributed by atoms with Gasteiger partial charge in [-0.25, -0.2) is 9.59 Å². The molecule has 3 N–H and O–H groups in total. The minimum Gasteiger partial charge on any atom is -0.479 e. The minimum atomic E-state index is -1.44. The van der Waals surface area contributed by atoms with Crippen molar-refractivity contribution in [1.82, 2.24) is 25.3 Å². The van der Waals surface area contributed by atoms with E-state index in [1.54, 1.807) is 44.2 Å². The van der Waals surface area contributed by atoms with Crippen LogP contribution >= 0.6 is 27.7 Å². The summed E-state index contributed by atoms with van der Waals surface area (Å²) in [6.07, 6.45) is 0. The molecule has 5 unspecified atom stereocenters. The summed E-state index contributed by atoms with van der Waals surface area (Å²) in [5, 5.41) is 14.0. The first-order valence-electron chi connectivity index (χ1n) is 11.6. The first-order valence-corrected chi connectivity index (χ1v) is 13.7. The van der Waals surface area contributed by atoms with Crippen molar-refractivity contribution in [3.63, 3.8) is 0 Å². The van der Waals surface area contributed by atoms with Crippen LogP contribution in [0.2, 0.25) is 0 Å². The highest BCUT2D eigenvalue weighted by molar-refractivity contribution is 9.09. The molecule has 3 heterocycles. The van der Waals surface area contributed by atoms with Gasteiger partial charge in [0.15, 0.2) is 5.54 Å². The van der Waals surface area contributed by atoms with Crippen LogP contribution in [-0.4, -0.2) is 103 Å². The lowest BCUT2D eigenvalue weighted by atomic mass is 9.90. The maximum atomic E-state index is 13.4. The Hall–Kier alpha value is -3.13. The molecule has 6 amide bonds. The number of carboxylic acids is 1. The number of nitrogens with zero attached hydrogens (tertiary/aromatic N) is 3. The first kappa shape index (κ1) is 26.9. The zero-order chi connectivity index (χ0) is 27.1. The third-order valence-corrected chi connectivity index (χ3v) is 9.37. The van der Waals surface area contributed by atoms with Crippen LogP contribution < -0.4 is 10.6 Å². The number of alkyl halides is 1. The Morgan fingerprint density at radius 1 is 1.16 bits per heavy atom. The van der Waals surface area contributed by atoms with Crippen LogP contribution in [-0.2, 0) is 24.0 Å². The van der Waals surface area contributed by atoms with Crippen LogP contribution in [0.1, 0.15) is 25.5 Å². The van der Waals surface area contributed by atoms with Gasteiger partial charge in [0.25, 0.3) is 0 Å². The fourth-order valence-electron chi connectivity index (χ4n) is 4.74. The molecule has 0 spiro atoms. The number of likely N-dealkylation sites (N-methyl/N-ethyl adjacent to an activating group) is 1. The Kier molecular flexibility index (Phi) is 7.51. The van der Waals surface area contributed by atoms with Crippen LogP contribution in [0, 0.1) is 0 Å². The number of urea groups is 1. The van der Waals surface area contributed by atoms with Gasteiger partial charge in [-0.15, -0.1) is 11.8 Å². The van der Waals surface area contributed by atoms with Gasteiger partial charge < -0.3 is 25.5 Å². The van der Waals surface area contributed by atoms with Crippen molar-refractivity contribution >= 4 is 63.3 Å². The lowest BCUT2D eigenvalue weighted by molar-refractivity contribution is -0.167. The fraction of sp³-hybridized carbons (Fsp3) is 0.478. The van der Waals surface area contributed by atoms with Gasteiger partial charge in [-0.05, 0) is 12.5 Å². The topological polar surface area (TPSA) is 156 Å². The van der Waals surface area contributed by atoms with Gasteiger partial charge in [0, 0.05) is 30.2 Å². The minimum absolute atomic E-state index is 0.0239. The molecule has 1 aromatic rings. The van der Waals surface area contributed by atoms with Crippen LogP contribution in [0.15, 0.2) is 30.3 Å². The molecule has 3 aliphatic heterocycles. The van der Waals surface area contributed by atoms with Gasteiger partial charge in [-0.2, -0.15) is 0 Å². The number of hydrogen-bond acceptors (Lipinski definition) is 7. The average molecular weight is 596 g/mol. The van der Waals surface area contributed by atoms with E-state index in [4.69, 9.17) is 0 Å². The molecule has 37 heavy (non-hydrogen) atoms. The van der Waals surface area contributed by atoms with Gasteiger partial charge in [0.1, 0.15) is 17.5 Å². The van der Waals surface area contributed by atoms with E-state index in [1.165, 1.54) is 21.6 Å². The molecule has 198 valence electrons. The summed E-state index contributed by atoms with van der Waals surface area (Å²) in [7, 11) is 0. The second-order valence-corrected chi connectivity index (χ2v) is 10.9. The summed E-state index contributed by atoms with van der Waals surface area (Å²) in [5.74, 6) is -4.17. The Labute approximate surface area is 225 Å². The lowest BCUT2D eigenvalue weighted by Gasteiger charge is -2.48. The quantitative estimate of drug-likeness (QED) is 0.228. The number of imide groups is 1. The number of rotatable bonds is 7. The Morgan fingerprint density at radius 2 is 1.84 bits per heavy atom. The second-order valence-electron chi connectivity index (χ2n) is 8.86. The van der Waals surface area contributed by atoms with Crippen molar-refractivity contribution < 1.29 is 33.9 Å². The van der Waals surface area contributed by atoms with Gasteiger partial charge >= 0.3 is 23.8 Å². The molecule has 12 nitrogen and oxygen atoms in total. The molecule has 3 fully saturated rings. The number of aliphatic carboxylic acids is 1. The average Bonchev–Trinajstić information content (AvgIpc) is 3.17. The zero-order valence-electron chi connectivity index (χ0n) is 20.0. The van der Waals surface area contributed by atoms with Crippen LogP contribution in [0.3, 0.4) is 0 Å². The largest absolute Gasteiger partial charge is 0.479 e. The van der Waals surface area contributed by atoms with Crippen molar-refractivity contribution in [2.75, 3.05) is 25.0 Å². The Bertz CT molecular complexity index is 1150. The summed E-state index contributed by atoms with van der Waals surface area (Å²) in [6, 6.07) is 5.10. The Balaban J connectivity index is 1.52. The number of halogens is 1. The third kappa shape index (κ3) is 4.35. The highest BCUT2D eigenvalue weighted by Gasteiger charge is 2.68. The molecule has 0 aromatic heterocycles. The monoisotopic (exact) mass is 595 g/mol. The molecule has 1 aromatic carbocycles. The number of β-lactam (4-membered cyclic amide) rings is 1. The van der Waals surface area contributed by atoms with Gasteiger partial charge in [-0.3, -0.25) is 24.1 Å². The smallest absolute Gasteiger partial charge is 0.331 e. The standard InChI is InChI=1S/C23H26BrN5O7S/c1-3-27-9-10-28(19(33)18(27)32)22(36)26-14(13-7-5-4-6-8-13)16(30)25-15-17(31)29-20(15)37-12(2)23(29,11-24)21(34)35/h4-8,12,14-15,20H,3,9-11H2,1-2H3,(H,25,30)(H,26,36)(H,34,35). The maximum Gasteiger partial charge on any atom is 0.331 e. The van der Waals surface area contributed by atoms with Crippen LogP contribution in [0.5, 0.6) is 0 Å². The SMILES string of the molecule is CCN1CCN(C(=O)NC(C(=O)NC2C(=O)N3C2SC(C)C3(CBr)C(=O)O)c2ccccc2)C(=O)C1=O. The van der Waals surface area contributed by atoms with Crippen molar-refractivity contribution in [3.05, 3.63) is 35.9 Å². The molecule has 0 bridgehead atoms. The number of hydrogen-bond donors (Lipinski definition) is 3. The fourth-order valence-corrected chi connectivity index (χ4v) is 7.65. The molecule has 14 heteroatoms. The van der Waals surface area contributed by atoms with Crippen molar-refractivity contribution in [2.24, 2.45) is 0 Å². The molecule has 3 saturated heterocycles. The van der Waals surface area contributed by atoms with E-state index in [1.807, 2.05) is 0 Å². The number of nitrogens with one attached hydrogen (secondary N) is 2. The number of amides is 6. The predicted molar refractivity (Wildman–Crippen MR) is 135 cm³/mol. The summed E-state index contributed by atoms with van der Waals surface area (Å²) < 4.78 is 0. The van der Waals surface area contributed by atoms with Gasteiger partial charge in [-0.1, -0.05) is 53.2 Å². The summed E-state index contributed by atoms with van der Waals surface area (Å²) in [5.41, 5.74) is -1.04. The number of benzene rings is 1. The lowest BCUT2D eigenvalue weighted by Crippen LogP contribution is -2.75. The van der Waals surface area contributed by atoms with Gasteiger partial charge in [0.2, 0.25) is 11.8 Å². The molecule has 0 aliphatic carbocycles. The number of piperazine rings is 1. The zero-order valence-corrected chi connectivity index (χ0v) is 22.5. The first-order chi connectivity index (χ1) is 17.6. The maximum absolute atomic E-state index is 13.4. The molecular formula is C23H26BrN5O7S. The molecular weight excluding hydrogens is 570 g/mol. The van der Waals surface area contributed by atoms with E-state index in [9.17, 15) is 33.9 Å². The highest BCUT2D eigenvalue weighted by Crippen LogP contribution is 2.51. The number of carboxylic acid groups (broad SMARTS) is 1. The van der Waals surface area contributed by atoms with Crippen LogP contribution in [0.4, 0.5) is 4.79 Å². The molecule has 4 rings (SSSR count). The number of carbonyl (C=O) groups excluding carboxylic acids is 5. The Morgan fingerprint density at radius 3 is 2.43 bits per heavy atom. The number of thioether (sulfide) groups is 1. The van der Waals surface area contributed by atoms with E-state index in [0.29, 0.717) is 12.1 Å². The van der Waals surface area contributed by atoms with Crippen LogP contribution in [0.25, 0.3) is 0 Å². The molecule has 5 atom stereocenters. The van der Waals surface area contributed by atoms with E-state index in [0.717, 1.165) is 4.90 Å². The van der Waals surface area contributed by atoms with Crippen molar-refractivity contribution in [3.8, 4) is 0 Å². The number of fused-ring (bicyclic) bond motifs is 1. The summed E-state index contributed by atoms with van der Waals surface area (Å²) in [4.78, 5) is 79.5. The van der Waals surface area contributed by atoms with E-state index in [-0.39, 0.29) is 18.4 Å². The molecule has 0 saturated carbocycles. The van der Waals surface area contributed by atoms with E-state index in [2.05, 4.69) is 26.6 Å². The van der Waals surface area contributed by atoms with E-state index < -0.39 is 63.9 Å². The number of carbonyl (C=O) groups is 6. The van der Waals surface area contributed by atoms with Crippen molar-refractivity contribution in [1.29, 1.82) is 0 Å². The van der Waals surface area contributed by atoms with Crippen molar-refractivity contribution in [2.45, 2.75) is 42.1 Å². The normalized spacial score (nSPS) is 27.9.